The number of carbonyl (C=O) groups is 2. The van der Waals surface area contributed by atoms with E-state index in [0.717, 1.165) is 11.3 Å². The van der Waals surface area contributed by atoms with Gasteiger partial charge in [0.25, 0.3) is 0 Å². The van der Waals surface area contributed by atoms with Crippen LogP contribution in [0.5, 0.6) is 0 Å². The molecule has 1 aliphatic carbocycles. The van der Waals surface area contributed by atoms with Gasteiger partial charge in [-0.1, -0.05) is 52.9 Å². The average Bonchev–Trinajstić information content (AvgIpc) is 3.51. The lowest BCUT2D eigenvalue weighted by molar-refractivity contribution is -0.116. The van der Waals surface area contributed by atoms with Crippen LogP contribution in [0.15, 0.2) is 67.8 Å². The van der Waals surface area contributed by atoms with E-state index in [9.17, 15) is 14.9 Å². The van der Waals surface area contributed by atoms with Crippen molar-refractivity contribution in [1.82, 2.24) is 10.2 Å². The summed E-state index contributed by atoms with van der Waals surface area (Å²) >= 11 is 2.57. The minimum atomic E-state index is -0.642. The van der Waals surface area contributed by atoms with Crippen LogP contribution in [0.25, 0.3) is 0 Å². The highest BCUT2D eigenvalue weighted by Crippen LogP contribution is 2.47. The molecule has 3 aromatic rings. The molecule has 1 atom stereocenters. The van der Waals surface area contributed by atoms with Crippen LogP contribution in [-0.4, -0.2) is 27.5 Å². The first-order valence-corrected chi connectivity index (χ1v) is 13.3. The summed E-state index contributed by atoms with van der Waals surface area (Å²) in [7, 11) is 0. The molecule has 2 aromatic heterocycles. The molecule has 2 aliphatic rings. The summed E-state index contributed by atoms with van der Waals surface area (Å²) in [6, 6.07) is 13.3. The standard InChI is InChI=1S/C26H23N5O3S2/c1-14-6-9-16(10-7-14)20(33)13-35-26-30-29-25(36-26)31-18-4-3-5-19(32)23(18)22(17(12-27)24(31)28)21-11-8-15(2)34-21/h6-11,22H,3-5,13,28H2,1-2H3. The van der Waals surface area contributed by atoms with Crippen LogP contribution >= 0.6 is 23.1 Å². The van der Waals surface area contributed by atoms with Crippen molar-refractivity contribution in [3.63, 3.8) is 0 Å². The summed E-state index contributed by atoms with van der Waals surface area (Å²) in [6.07, 6.45) is 1.70. The molecule has 3 heterocycles. The molecule has 0 saturated heterocycles. The molecule has 182 valence electrons. The smallest absolute Gasteiger partial charge is 0.219 e. The van der Waals surface area contributed by atoms with E-state index < -0.39 is 5.92 Å². The van der Waals surface area contributed by atoms with E-state index in [1.165, 1.54) is 23.1 Å². The van der Waals surface area contributed by atoms with Crippen molar-refractivity contribution in [3.8, 4) is 6.07 Å². The van der Waals surface area contributed by atoms with Gasteiger partial charge in [-0.05, 0) is 38.8 Å². The Hall–Kier alpha value is -3.68. The number of aryl methyl sites for hydroxylation is 2. The van der Waals surface area contributed by atoms with Gasteiger partial charge in [0, 0.05) is 23.3 Å². The van der Waals surface area contributed by atoms with Crippen molar-refractivity contribution in [3.05, 3.63) is 81.7 Å². The molecule has 5 rings (SSSR count). The zero-order valence-corrected chi connectivity index (χ0v) is 21.4. The van der Waals surface area contributed by atoms with E-state index in [1.807, 2.05) is 44.2 Å². The molecule has 10 heteroatoms. The second-order valence-corrected chi connectivity index (χ2v) is 10.9. The van der Waals surface area contributed by atoms with E-state index in [2.05, 4.69) is 16.3 Å². The van der Waals surface area contributed by atoms with Crippen molar-refractivity contribution in [2.75, 3.05) is 10.7 Å². The van der Waals surface area contributed by atoms with E-state index in [-0.39, 0.29) is 28.7 Å². The molecule has 0 spiro atoms. The lowest BCUT2D eigenvalue weighted by Crippen LogP contribution is -2.38. The van der Waals surface area contributed by atoms with Gasteiger partial charge in [0.2, 0.25) is 5.13 Å². The highest BCUT2D eigenvalue weighted by molar-refractivity contribution is 8.01. The van der Waals surface area contributed by atoms with Gasteiger partial charge < -0.3 is 10.2 Å². The molecule has 0 fully saturated rings. The minimum Gasteiger partial charge on any atom is -0.465 e. The Labute approximate surface area is 216 Å². The second kappa shape index (κ2) is 9.76. The Kier molecular flexibility index (Phi) is 6.51. The van der Waals surface area contributed by atoms with Gasteiger partial charge in [-0.25, -0.2) is 0 Å². The van der Waals surface area contributed by atoms with Gasteiger partial charge >= 0.3 is 0 Å². The monoisotopic (exact) mass is 517 g/mol. The Balaban J connectivity index is 1.46. The van der Waals surface area contributed by atoms with Crippen molar-refractivity contribution in [1.29, 1.82) is 5.26 Å². The number of ketones is 2. The molecule has 1 unspecified atom stereocenters. The molecule has 8 nitrogen and oxygen atoms in total. The zero-order valence-electron chi connectivity index (χ0n) is 19.8. The van der Waals surface area contributed by atoms with Crippen molar-refractivity contribution >= 4 is 39.8 Å². The first kappa shape index (κ1) is 24.0. The quantitative estimate of drug-likeness (QED) is 0.354. The predicted molar refractivity (Wildman–Crippen MR) is 138 cm³/mol. The van der Waals surface area contributed by atoms with Gasteiger partial charge in [-0.3, -0.25) is 14.5 Å². The van der Waals surface area contributed by atoms with Crippen LogP contribution in [0.3, 0.4) is 0 Å². The molecular weight excluding hydrogens is 494 g/mol. The van der Waals surface area contributed by atoms with Gasteiger partial charge in [0.1, 0.15) is 17.3 Å². The largest absolute Gasteiger partial charge is 0.465 e. The lowest BCUT2D eigenvalue weighted by Gasteiger charge is -2.37. The summed E-state index contributed by atoms with van der Waals surface area (Å²) in [5.74, 6) is 0.990. The fourth-order valence-electron chi connectivity index (χ4n) is 4.50. The number of Topliss-reactive ketones (excluding diaryl/α,β-unsaturated/α-hetero) is 2. The van der Waals surface area contributed by atoms with Crippen LogP contribution < -0.4 is 10.6 Å². The Morgan fingerprint density at radius 3 is 2.69 bits per heavy atom. The molecule has 0 amide bonds. The molecule has 36 heavy (non-hydrogen) atoms. The number of nitrogens with zero attached hydrogens (tertiary/aromatic N) is 4. The maximum atomic E-state index is 13.1. The number of nitriles is 1. The number of rotatable bonds is 6. The topological polar surface area (TPSA) is 126 Å². The number of anilines is 1. The summed E-state index contributed by atoms with van der Waals surface area (Å²) in [5, 5.41) is 19.1. The minimum absolute atomic E-state index is 0.000328. The third-order valence-electron chi connectivity index (χ3n) is 6.25. The van der Waals surface area contributed by atoms with Crippen LogP contribution in [0.4, 0.5) is 5.13 Å². The van der Waals surface area contributed by atoms with Crippen molar-refractivity contribution in [2.45, 2.75) is 43.4 Å². The SMILES string of the molecule is Cc1ccc(C(=O)CSc2nnc(N3C(N)=C(C#N)C(c4ccc(C)o4)C4=C3CCCC4=O)s2)cc1. The maximum absolute atomic E-state index is 13.1. The molecule has 1 aliphatic heterocycles. The number of furan rings is 1. The summed E-state index contributed by atoms with van der Waals surface area (Å²) < 4.78 is 6.44. The zero-order chi connectivity index (χ0) is 25.4. The van der Waals surface area contributed by atoms with E-state index >= 15 is 0 Å². The normalized spacial score (nSPS) is 17.9. The van der Waals surface area contributed by atoms with Crippen LogP contribution in [0.1, 0.15) is 52.6 Å². The fourth-order valence-corrected chi connectivity index (χ4v) is 6.27. The number of thioether (sulfide) groups is 1. The first-order valence-electron chi connectivity index (χ1n) is 11.5. The number of hydrogen-bond acceptors (Lipinski definition) is 10. The summed E-state index contributed by atoms with van der Waals surface area (Å²) in [6.45, 7) is 3.79. The highest BCUT2D eigenvalue weighted by atomic mass is 32.2. The second-order valence-electron chi connectivity index (χ2n) is 8.69. The third kappa shape index (κ3) is 4.36. The predicted octanol–water partition coefficient (Wildman–Crippen LogP) is 5.03. The Morgan fingerprint density at radius 2 is 2.00 bits per heavy atom. The van der Waals surface area contributed by atoms with Crippen LogP contribution in [0, 0.1) is 25.2 Å². The van der Waals surface area contributed by atoms with Gasteiger partial charge in [-0.2, -0.15) is 5.26 Å². The van der Waals surface area contributed by atoms with E-state index in [4.69, 9.17) is 10.2 Å². The maximum Gasteiger partial charge on any atom is 0.219 e. The number of aromatic nitrogens is 2. The number of benzene rings is 1. The van der Waals surface area contributed by atoms with E-state index in [0.29, 0.717) is 51.4 Å². The van der Waals surface area contributed by atoms with E-state index in [1.54, 1.807) is 11.0 Å². The van der Waals surface area contributed by atoms with Gasteiger partial charge in [0.15, 0.2) is 15.9 Å². The lowest BCUT2D eigenvalue weighted by atomic mass is 9.78. The average molecular weight is 518 g/mol. The first-order chi connectivity index (χ1) is 17.4. The number of carbonyl (C=O) groups excluding carboxylic acids is 2. The number of hydrogen-bond donors (Lipinski definition) is 1. The number of allylic oxidation sites excluding steroid dienone is 3. The van der Waals surface area contributed by atoms with Crippen LogP contribution in [0.2, 0.25) is 0 Å². The molecule has 0 bridgehead atoms. The molecular formula is C26H23N5O3S2. The fraction of sp³-hybridized carbons (Fsp3) is 0.269. The number of nitrogens with two attached hydrogens (primary N) is 1. The Bertz CT molecular complexity index is 1460. The van der Waals surface area contributed by atoms with Crippen molar-refractivity contribution in [2.24, 2.45) is 5.73 Å². The molecule has 0 saturated carbocycles. The Morgan fingerprint density at radius 1 is 1.22 bits per heavy atom. The highest BCUT2D eigenvalue weighted by Gasteiger charge is 2.42. The van der Waals surface area contributed by atoms with Crippen LogP contribution in [-0.2, 0) is 4.79 Å². The molecule has 0 radical (unpaired) electrons. The summed E-state index contributed by atoms with van der Waals surface area (Å²) in [5.41, 5.74) is 9.79. The van der Waals surface area contributed by atoms with Crippen molar-refractivity contribution < 1.29 is 14.0 Å². The van der Waals surface area contributed by atoms with Gasteiger partial charge in [0.05, 0.1) is 23.3 Å². The summed E-state index contributed by atoms with van der Waals surface area (Å²) in [4.78, 5) is 27.4. The van der Waals surface area contributed by atoms with Gasteiger partial charge in [-0.15, -0.1) is 10.2 Å². The molecule has 2 N–H and O–H groups in total. The molecule has 1 aromatic carbocycles. The third-order valence-corrected chi connectivity index (χ3v) is 8.29.